The summed E-state index contributed by atoms with van der Waals surface area (Å²) in [7, 11) is 0. The summed E-state index contributed by atoms with van der Waals surface area (Å²) < 4.78 is 5.01. The number of hydrogen-bond donors (Lipinski definition) is 2. The van der Waals surface area contributed by atoms with E-state index in [9.17, 15) is 9.59 Å². The molecule has 2 aromatic heterocycles. The number of carbonyl (C=O) groups is 2. The highest BCUT2D eigenvalue weighted by molar-refractivity contribution is 6.04. The molecule has 7 nitrogen and oxygen atoms in total. The maximum atomic E-state index is 12.0. The Bertz CT molecular complexity index is 676. The maximum absolute atomic E-state index is 12.0. The number of nitrogens with zero attached hydrogens (tertiary/aromatic N) is 2. The van der Waals surface area contributed by atoms with Gasteiger partial charge >= 0.3 is 12.0 Å². The Hall–Kier alpha value is -2.96. The van der Waals surface area contributed by atoms with Crippen LogP contribution in [0.2, 0.25) is 0 Å². The Morgan fingerprint density at radius 1 is 1.45 bits per heavy atom. The molecule has 0 radical (unpaired) electrons. The molecular formula is C13H11N3O4. The molecule has 0 atom stereocenters. The zero-order chi connectivity index (χ0) is 14.5. The fourth-order valence-electron chi connectivity index (χ4n) is 1.47. The lowest BCUT2D eigenvalue weighted by Gasteiger charge is -2.03. The number of carbonyl (C=O) groups excluding carboxylic acids is 1. The van der Waals surface area contributed by atoms with Gasteiger partial charge in [-0.15, -0.1) is 0 Å². The number of aliphatic carboxylic acids is 1. The molecule has 2 N–H and O–H groups in total. The van der Waals surface area contributed by atoms with Crippen molar-refractivity contribution in [2.45, 2.75) is 6.92 Å². The van der Waals surface area contributed by atoms with Crippen molar-refractivity contribution >= 4 is 24.0 Å². The first kappa shape index (κ1) is 13.5. The molecule has 0 saturated carbocycles. The first-order chi connectivity index (χ1) is 9.56. The fourth-order valence-corrected chi connectivity index (χ4v) is 1.47. The van der Waals surface area contributed by atoms with E-state index in [-0.39, 0.29) is 11.7 Å². The lowest BCUT2D eigenvalue weighted by molar-refractivity contribution is -0.131. The monoisotopic (exact) mass is 273 g/mol. The molecule has 0 fully saturated rings. The summed E-state index contributed by atoms with van der Waals surface area (Å²) in [6.45, 7) is 1.72. The van der Waals surface area contributed by atoms with Crippen LogP contribution in [0.4, 0.5) is 6.01 Å². The van der Waals surface area contributed by atoms with Gasteiger partial charge in [0.25, 0.3) is 5.91 Å². The molecule has 20 heavy (non-hydrogen) atoms. The van der Waals surface area contributed by atoms with E-state index in [4.69, 9.17) is 9.52 Å². The molecule has 7 heteroatoms. The minimum atomic E-state index is -1.11. The average molecular weight is 273 g/mol. The van der Waals surface area contributed by atoms with E-state index in [1.54, 1.807) is 19.1 Å². The van der Waals surface area contributed by atoms with Crippen molar-refractivity contribution in [2.75, 3.05) is 5.32 Å². The number of aryl methyl sites for hydroxylation is 1. The van der Waals surface area contributed by atoms with Gasteiger partial charge in [-0.2, -0.15) is 4.98 Å². The van der Waals surface area contributed by atoms with E-state index in [0.717, 1.165) is 6.08 Å². The number of pyridine rings is 1. The number of oxazole rings is 1. The van der Waals surface area contributed by atoms with Crippen molar-refractivity contribution in [3.05, 3.63) is 47.6 Å². The SMILES string of the molecule is Cc1coc(NC(=O)c2ncccc2/C=C/C(=O)O)n1. The Morgan fingerprint density at radius 3 is 2.90 bits per heavy atom. The van der Waals surface area contributed by atoms with Crippen molar-refractivity contribution in [1.29, 1.82) is 0 Å². The molecule has 0 spiro atoms. The van der Waals surface area contributed by atoms with Crippen molar-refractivity contribution in [2.24, 2.45) is 0 Å². The largest absolute Gasteiger partial charge is 0.478 e. The predicted molar refractivity (Wildman–Crippen MR) is 70.1 cm³/mol. The van der Waals surface area contributed by atoms with Crippen LogP contribution < -0.4 is 5.32 Å². The molecule has 0 aliphatic carbocycles. The third kappa shape index (κ3) is 3.29. The molecule has 2 aromatic rings. The summed E-state index contributed by atoms with van der Waals surface area (Å²) in [5.41, 5.74) is 1.10. The fraction of sp³-hybridized carbons (Fsp3) is 0.0769. The van der Waals surface area contributed by atoms with Crippen LogP contribution in [0.3, 0.4) is 0 Å². The zero-order valence-electron chi connectivity index (χ0n) is 10.5. The summed E-state index contributed by atoms with van der Waals surface area (Å²) >= 11 is 0. The summed E-state index contributed by atoms with van der Waals surface area (Å²) in [6, 6.07) is 3.25. The number of anilines is 1. The molecule has 2 heterocycles. The zero-order valence-corrected chi connectivity index (χ0v) is 10.5. The average Bonchev–Trinajstić information content (AvgIpc) is 2.82. The third-order valence-electron chi connectivity index (χ3n) is 2.30. The highest BCUT2D eigenvalue weighted by atomic mass is 16.4. The minimum Gasteiger partial charge on any atom is -0.478 e. The molecule has 2 rings (SSSR count). The van der Waals surface area contributed by atoms with Crippen LogP contribution >= 0.6 is 0 Å². The molecule has 0 aliphatic rings. The van der Waals surface area contributed by atoms with E-state index in [0.29, 0.717) is 11.3 Å². The van der Waals surface area contributed by atoms with Crippen LogP contribution in [0, 0.1) is 6.92 Å². The van der Waals surface area contributed by atoms with Gasteiger partial charge in [0.2, 0.25) is 0 Å². The number of aromatic nitrogens is 2. The molecular weight excluding hydrogens is 262 g/mol. The van der Waals surface area contributed by atoms with Crippen LogP contribution in [-0.2, 0) is 4.79 Å². The van der Waals surface area contributed by atoms with Gasteiger partial charge < -0.3 is 9.52 Å². The number of carboxylic acid groups (broad SMARTS) is 1. The first-order valence-electron chi connectivity index (χ1n) is 5.66. The molecule has 0 aromatic carbocycles. The van der Waals surface area contributed by atoms with Crippen LogP contribution in [0.25, 0.3) is 6.08 Å². The smallest absolute Gasteiger partial charge is 0.328 e. The highest BCUT2D eigenvalue weighted by Gasteiger charge is 2.13. The molecule has 0 aliphatic heterocycles. The number of hydrogen-bond acceptors (Lipinski definition) is 5. The minimum absolute atomic E-state index is 0.0614. The Labute approximate surface area is 114 Å². The van der Waals surface area contributed by atoms with Gasteiger partial charge in [-0.25, -0.2) is 4.79 Å². The first-order valence-corrected chi connectivity index (χ1v) is 5.66. The second-order valence-corrected chi connectivity index (χ2v) is 3.86. The quantitative estimate of drug-likeness (QED) is 0.822. The van der Waals surface area contributed by atoms with Gasteiger partial charge in [0, 0.05) is 17.8 Å². The predicted octanol–water partition coefficient (Wildman–Crippen LogP) is 1.73. The van der Waals surface area contributed by atoms with Crippen molar-refractivity contribution in [3.63, 3.8) is 0 Å². The highest BCUT2D eigenvalue weighted by Crippen LogP contribution is 2.12. The molecule has 0 unspecified atom stereocenters. The second kappa shape index (κ2) is 5.79. The van der Waals surface area contributed by atoms with Gasteiger partial charge in [-0.1, -0.05) is 6.07 Å². The molecule has 0 saturated heterocycles. The lowest BCUT2D eigenvalue weighted by atomic mass is 10.1. The van der Waals surface area contributed by atoms with Crippen LogP contribution in [-0.4, -0.2) is 27.0 Å². The van der Waals surface area contributed by atoms with E-state index in [1.165, 1.54) is 18.5 Å². The number of nitrogens with one attached hydrogen (secondary N) is 1. The molecule has 1 amide bonds. The number of rotatable bonds is 4. The van der Waals surface area contributed by atoms with Crippen molar-refractivity contribution in [1.82, 2.24) is 9.97 Å². The lowest BCUT2D eigenvalue weighted by Crippen LogP contribution is -2.15. The van der Waals surface area contributed by atoms with Gasteiger partial charge in [-0.05, 0) is 19.1 Å². The van der Waals surface area contributed by atoms with Crippen LogP contribution in [0.1, 0.15) is 21.7 Å². The van der Waals surface area contributed by atoms with Gasteiger partial charge in [0.15, 0.2) is 0 Å². The van der Waals surface area contributed by atoms with Crippen molar-refractivity contribution in [3.8, 4) is 0 Å². The summed E-state index contributed by atoms with van der Waals surface area (Å²) in [5.74, 6) is -1.64. The summed E-state index contributed by atoms with van der Waals surface area (Å²) in [4.78, 5) is 30.4. The van der Waals surface area contributed by atoms with Gasteiger partial charge in [0.05, 0.1) is 5.69 Å². The van der Waals surface area contributed by atoms with Gasteiger partial charge in [0.1, 0.15) is 12.0 Å². The van der Waals surface area contributed by atoms with Crippen LogP contribution in [0.15, 0.2) is 35.1 Å². The Morgan fingerprint density at radius 2 is 2.25 bits per heavy atom. The van der Waals surface area contributed by atoms with E-state index >= 15 is 0 Å². The van der Waals surface area contributed by atoms with Gasteiger partial charge in [-0.3, -0.25) is 15.1 Å². The second-order valence-electron chi connectivity index (χ2n) is 3.86. The van der Waals surface area contributed by atoms with Crippen LogP contribution in [0.5, 0.6) is 0 Å². The maximum Gasteiger partial charge on any atom is 0.328 e. The topological polar surface area (TPSA) is 105 Å². The Kier molecular flexibility index (Phi) is 3.90. The summed E-state index contributed by atoms with van der Waals surface area (Å²) in [5, 5.41) is 11.1. The van der Waals surface area contributed by atoms with E-state index in [2.05, 4.69) is 15.3 Å². The third-order valence-corrected chi connectivity index (χ3v) is 2.30. The van der Waals surface area contributed by atoms with E-state index < -0.39 is 11.9 Å². The Balaban J connectivity index is 2.23. The summed E-state index contributed by atoms with van der Waals surface area (Å²) in [6.07, 6.45) is 5.07. The molecule has 0 bridgehead atoms. The normalized spacial score (nSPS) is 10.7. The molecule has 102 valence electrons. The van der Waals surface area contributed by atoms with Crippen molar-refractivity contribution < 1.29 is 19.1 Å². The van der Waals surface area contributed by atoms with E-state index in [1.807, 2.05) is 0 Å². The number of amides is 1. The standard InChI is InChI=1S/C13H11N3O4/c1-8-7-20-13(15-8)16-12(19)11-9(3-2-6-14-11)4-5-10(17)18/h2-7H,1H3,(H,17,18)(H,15,16,19)/b5-4+. The number of carboxylic acids is 1.